The van der Waals surface area contributed by atoms with E-state index in [-0.39, 0.29) is 6.17 Å². The van der Waals surface area contributed by atoms with Gasteiger partial charge in [0.25, 0.3) is 0 Å². The molecule has 1 atom stereocenters. The van der Waals surface area contributed by atoms with E-state index in [1.165, 1.54) is 33.4 Å². The normalized spacial score (nSPS) is 16.7. The highest BCUT2D eigenvalue weighted by molar-refractivity contribution is 6.14. The molecule has 2 aliphatic carbocycles. The molecule has 6 aromatic carbocycles. The van der Waals surface area contributed by atoms with Crippen molar-refractivity contribution >= 4 is 22.4 Å². The van der Waals surface area contributed by atoms with Gasteiger partial charge in [-0.1, -0.05) is 146 Å². The van der Waals surface area contributed by atoms with Gasteiger partial charge in [-0.2, -0.15) is 0 Å². The third-order valence-corrected chi connectivity index (χ3v) is 9.92. The maximum Gasteiger partial charge on any atom is 0.145 e. The Labute approximate surface area is 267 Å². The second-order valence-electron chi connectivity index (χ2n) is 12.3. The number of fused-ring (bicyclic) bond motifs is 12. The van der Waals surface area contributed by atoms with E-state index in [1.54, 1.807) is 0 Å². The van der Waals surface area contributed by atoms with Gasteiger partial charge in [0.2, 0.25) is 0 Å². The standard InChI is InChI=1S/C43H28N2O/c1-3-14-27(15-4-1)36-26-37(45-42(44-36)28-16-5-2-6-17-28)31-21-13-22-33-39(31)43(40-32-20-9-12-25-38(32)46-41(33)40)34-23-10-7-18-29(34)30-19-8-11-24-35(30)43/h1-26,42,45H. The lowest BCUT2D eigenvalue weighted by atomic mass is 9.68. The van der Waals surface area contributed by atoms with Crippen LogP contribution in [0.3, 0.4) is 0 Å². The molecule has 0 amide bonds. The average Bonchev–Trinajstić information content (AvgIpc) is 3.76. The summed E-state index contributed by atoms with van der Waals surface area (Å²) < 4.78 is 6.81. The number of para-hydroxylation sites is 1. The van der Waals surface area contributed by atoms with Crippen LogP contribution in [-0.4, -0.2) is 5.71 Å². The SMILES string of the molecule is C1=C(c2cccc3c2C2(c4ccccc4-c4ccccc42)c2c-3oc3ccccc23)NC(c2ccccc2)N=C1c1ccccc1. The highest BCUT2D eigenvalue weighted by atomic mass is 16.3. The van der Waals surface area contributed by atoms with E-state index in [1.807, 2.05) is 0 Å². The van der Waals surface area contributed by atoms with E-state index < -0.39 is 5.41 Å². The molecule has 216 valence electrons. The molecule has 0 saturated heterocycles. The van der Waals surface area contributed by atoms with Crippen molar-refractivity contribution < 1.29 is 4.42 Å². The summed E-state index contributed by atoms with van der Waals surface area (Å²) in [5.41, 5.74) is 14.5. The van der Waals surface area contributed by atoms with Gasteiger partial charge in [0.05, 0.1) is 11.1 Å². The summed E-state index contributed by atoms with van der Waals surface area (Å²) in [5, 5.41) is 5.03. The molecule has 3 aliphatic rings. The Morgan fingerprint density at radius 3 is 1.91 bits per heavy atom. The van der Waals surface area contributed by atoms with Gasteiger partial charge in [-0.3, -0.25) is 4.99 Å². The Hall–Kier alpha value is -5.93. The van der Waals surface area contributed by atoms with E-state index in [0.717, 1.165) is 50.4 Å². The molecule has 7 aromatic rings. The van der Waals surface area contributed by atoms with E-state index >= 15 is 0 Å². The Bertz CT molecular complexity index is 2350. The first kappa shape index (κ1) is 25.4. The number of nitrogens with one attached hydrogen (secondary N) is 1. The lowest BCUT2D eigenvalue weighted by molar-refractivity contribution is 0.628. The summed E-state index contributed by atoms with van der Waals surface area (Å²) in [6.07, 6.45) is 1.99. The minimum atomic E-state index is -0.548. The summed E-state index contributed by atoms with van der Waals surface area (Å²) in [5.74, 6) is 0.956. The van der Waals surface area contributed by atoms with Crippen molar-refractivity contribution in [2.45, 2.75) is 11.6 Å². The van der Waals surface area contributed by atoms with Gasteiger partial charge in [0, 0.05) is 27.8 Å². The van der Waals surface area contributed by atoms with Crippen molar-refractivity contribution in [2.75, 3.05) is 0 Å². The molecule has 0 saturated carbocycles. The molecule has 46 heavy (non-hydrogen) atoms. The summed E-state index contributed by atoms with van der Waals surface area (Å²) in [4.78, 5) is 5.23. The van der Waals surface area contributed by atoms with Crippen LogP contribution < -0.4 is 5.32 Å². The predicted molar refractivity (Wildman–Crippen MR) is 186 cm³/mol. The Balaban J connectivity index is 1.30. The van der Waals surface area contributed by atoms with Crippen LogP contribution in [0.5, 0.6) is 0 Å². The molecule has 0 radical (unpaired) electrons. The smallest absolute Gasteiger partial charge is 0.145 e. The molecule has 3 heteroatoms. The zero-order chi connectivity index (χ0) is 30.2. The fourth-order valence-corrected chi connectivity index (χ4v) is 8.13. The first-order chi connectivity index (χ1) is 22.8. The van der Waals surface area contributed by atoms with Gasteiger partial charge in [-0.05, 0) is 51.1 Å². The summed E-state index contributed by atoms with van der Waals surface area (Å²) in [6.45, 7) is 0. The van der Waals surface area contributed by atoms with Crippen LogP contribution in [0.2, 0.25) is 0 Å². The van der Waals surface area contributed by atoms with E-state index in [0.29, 0.717) is 0 Å². The minimum absolute atomic E-state index is 0.232. The zero-order valence-electron chi connectivity index (χ0n) is 24.9. The fraction of sp³-hybridized carbons (Fsp3) is 0.0465. The highest BCUT2D eigenvalue weighted by Crippen LogP contribution is 2.65. The molecule has 1 N–H and O–H groups in total. The molecular weight excluding hydrogens is 560 g/mol. The second kappa shape index (κ2) is 9.53. The topological polar surface area (TPSA) is 37.5 Å². The molecule has 1 spiro atoms. The number of hydrogen-bond acceptors (Lipinski definition) is 3. The van der Waals surface area contributed by atoms with Crippen molar-refractivity contribution in [1.82, 2.24) is 5.32 Å². The van der Waals surface area contributed by atoms with Crippen molar-refractivity contribution in [1.29, 1.82) is 0 Å². The number of hydrogen-bond donors (Lipinski definition) is 1. The lowest BCUT2D eigenvalue weighted by Gasteiger charge is -2.33. The van der Waals surface area contributed by atoms with Crippen LogP contribution in [0.15, 0.2) is 167 Å². The van der Waals surface area contributed by atoms with E-state index in [2.05, 4.69) is 163 Å². The number of aliphatic imine (C=N–C) groups is 1. The van der Waals surface area contributed by atoms with Crippen molar-refractivity contribution in [3.63, 3.8) is 0 Å². The lowest BCUT2D eigenvalue weighted by Crippen LogP contribution is -2.30. The summed E-state index contributed by atoms with van der Waals surface area (Å²) in [7, 11) is 0. The first-order valence-corrected chi connectivity index (χ1v) is 15.8. The number of nitrogens with zero attached hydrogens (tertiary/aromatic N) is 1. The van der Waals surface area contributed by atoms with Crippen LogP contribution in [0.25, 0.3) is 39.1 Å². The number of benzene rings is 6. The maximum atomic E-state index is 6.81. The predicted octanol–water partition coefficient (Wildman–Crippen LogP) is 9.91. The van der Waals surface area contributed by atoms with E-state index in [9.17, 15) is 0 Å². The molecule has 2 heterocycles. The Morgan fingerprint density at radius 1 is 0.543 bits per heavy atom. The van der Waals surface area contributed by atoms with Crippen LogP contribution >= 0.6 is 0 Å². The van der Waals surface area contributed by atoms with Gasteiger partial charge < -0.3 is 9.73 Å². The minimum Gasteiger partial charge on any atom is -0.456 e. The van der Waals surface area contributed by atoms with Gasteiger partial charge in [-0.25, -0.2) is 0 Å². The van der Waals surface area contributed by atoms with Gasteiger partial charge in [0.15, 0.2) is 0 Å². The zero-order valence-corrected chi connectivity index (χ0v) is 24.9. The molecule has 3 nitrogen and oxygen atoms in total. The Kier molecular flexibility index (Phi) is 5.26. The first-order valence-electron chi connectivity index (χ1n) is 15.8. The maximum absolute atomic E-state index is 6.81. The van der Waals surface area contributed by atoms with Crippen LogP contribution in [0.1, 0.15) is 45.1 Å². The van der Waals surface area contributed by atoms with Gasteiger partial charge in [0.1, 0.15) is 17.5 Å². The number of rotatable bonds is 3. The third kappa shape index (κ3) is 3.34. The van der Waals surface area contributed by atoms with Crippen molar-refractivity contribution in [3.05, 3.63) is 197 Å². The molecular formula is C43H28N2O. The summed E-state index contributed by atoms with van der Waals surface area (Å²) in [6, 6.07) is 54.0. The van der Waals surface area contributed by atoms with Crippen molar-refractivity contribution in [2.24, 2.45) is 4.99 Å². The number of allylic oxidation sites excluding steroid dienone is 1. The summed E-state index contributed by atoms with van der Waals surface area (Å²) >= 11 is 0. The van der Waals surface area contributed by atoms with Crippen LogP contribution in [0, 0.1) is 0 Å². The molecule has 1 unspecified atom stereocenters. The fourth-order valence-electron chi connectivity index (χ4n) is 8.13. The van der Waals surface area contributed by atoms with Gasteiger partial charge >= 0.3 is 0 Å². The van der Waals surface area contributed by atoms with Gasteiger partial charge in [-0.15, -0.1) is 0 Å². The second-order valence-corrected chi connectivity index (χ2v) is 12.3. The van der Waals surface area contributed by atoms with E-state index in [4.69, 9.17) is 9.41 Å². The Morgan fingerprint density at radius 2 is 1.15 bits per heavy atom. The number of furan rings is 1. The molecule has 1 aromatic heterocycles. The van der Waals surface area contributed by atoms with Crippen molar-refractivity contribution in [3.8, 4) is 22.5 Å². The van der Waals surface area contributed by atoms with Crippen LogP contribution in [0.4, 0.5) is 0 Å². The largest absolute Gasteiger partial charge is 0.456 e. The third-order valence-electron chi connectivity index (χ3n) is 9.92. The molecule has 10 rings (SSSR count). The molecule has 0 bridgehead atoms. The quantitative estimate of drug-likeness (QED) is 0.223. The van der Waals surface area contributed by atoms with Crippen LogP contribution in [-0.2, 0) is 5.41 Å². The monoisotopic (exact) mass is 588 g/mol. The molecule has 1 aliphatic heterocycles. The molecule has 0 fully saturated rings. The highest BCUT2D eigenvalue weighted by Gasteiger charge is 2.55. The average molecular weight is 589 g/mol.